The number of halogens is 1. The molecule has 2 aliphatic rings. The minimum atomic E-state index is -0.410. The minimum Gasteiger partial charge on any atom is -0.375 e. The van der Waals surface area contributed by atoms with Crippen molar-refractivity contribution in [3.8, 4) is 0 Å². The third-order valence-electron chi connectivity index (χ3n) is 4.81. The largest absolute Gasteiger partial charge is 0.375 e. The van der Waals surface area contributed by atoms with Crippen LogP contribution in [0.4, 0.5) is 15.8 Å². The third kappa shape index (κ3) is 2.20. The number of fused-ring (bicyclic) bond motifs is 3. The van der Waals surface area contributed by atoms with Crippen molar-refractivity contribution in [2.75, 3.05) is 5.32 Å². The summed E-state index contributed by atoms with van der Waals surface area (Å²) in [6.07, 6.45) is 5.19. The molecule has 5 heteroatoms. The number of hydrogen-bond donors (Lipinski definition) is 1. The minimum absolute atomic E-state index is 0.0554. The molecule has 1 N–H and O–H groups in total. The van der Waals surface area contributed by atoms with Crippen molar-refractivity contribution in [1.82, 2.24) is 0 Å². The Balaban J connectivity index is 1.75. The van der Waals surface area contributed by atoms with E-state index in [4.69, 9.17) is 0 Å². The fourth-order valence-electron chi connectivity index (χ4n) is 3.72. The van der Waals surface area contributed by atoms with Crippen molar-refractivity contribution in [3.05, 3.63) is 81.7 Å². The number of anilines is 1. The maximum absolute atomic E-state index is 14.2. The van der Waals surface area contributed by atoms with Gasteiger partial charge >= 0.3 is 0 Å². The lowest BCUT2D eigenvalue weighted by atomic mass is 9.77. The Bertz CT molecular complexity index is 801. The molecular weight excluding hydrogens is 295 g/mol. The second-order valence-electron chi connectivity index (χ2n) is 6.03. The fraction of sp³-hybridized carbons (Fsp3) is 0.222. The zero-order valence-corrected chi connectivity index (χ0v) is 12.3. The second-order valence-corrected chi connectivity index (χ2v) is 6.03. The van der Waals surface area contributed by atoms with Crippen LogP contribution in [-0.2, 0) is 0 Å². The van der Waals surface area contributed by atoms with E-state index in [2.05, 4.69) is 17.5 Å². The smallest absolute Gasteiger partial charge is 0.269 e. The molecule has 0 spiro atoms. The molecule has 23 heavy (non-hydrogen) atoms. The molecule has 0 saturated heterocycles. The van der Waals surface area contributed by atoms with E-state index in [0.717, 1.165) is 17.5 Å². The molecule has 2 aromatic rings. The summed E-state index contributed by atoms with van der Waals surface area (Å²) in [7, 11) is 0. The number of non-ortho nitro benzene ring substituents is 1. The Morgan fingerprint density at radius 2 is 1.96 bits per heavy atom. The molecule has 0 bridgehead atoms. The molecule has 0 radical (unpaired) electrons. The predicted molar refractivity (Wildman–Crippen MR) is 85.8 cm³/mol. The number of nitro benzene ring substituents is 1. The summed E-state index contributed by atoms with van der Waals surface area (Å²) in [4.78, 5) is 10.4. The van der Waals surface area contributed by atoms with Crippen molar-refractivity contribution in [2.45, 2.75) is 18.4 Å². The van der Waals surface area contributed by atoms with Crippen LogP contribution < -0.4 is 5.32 Å². The molecule has 4 rings (SSSR count). The van der Waals surface area contributed by atoms with E-state index in [9.17, 15) is 14.5 Å². The highest BCUT2D eigenvalue weighted by atomic mass is 19.1. The lowest BCUT2D eigenvalue weighted by Gasteiger charge is -2.37. The second kappa shape index (κ2) is 5.19. The van der Waals surface area contributed by atoms with Crippen molar-refractivity contribution in [3.63, 3.8) is 0 Å². The van der Waals surface area contributed by atoms with E-state index in [-0.39, 0.29) is 23.5 Å². The summed E-state index contributed by atoms with van der Waals surface area (Å²) in [6.45, 7) is 0. The Kier molecular flexibility index (Phi) is 3.15. The van der Waals surface area contributed by atoms with E-state index in [1.165, 1.54) is 18.2 Å². The van der Waals surface area contributed by atoms with Gasteiger partial charge in [-0.05, 0) is 29.5 Å². The molecule has 116 valence electrons. The Hall–Kier alpha value is -2.69. The highest BCUT2D eigenvalue weighted by Crippen LogP contribution is 2.50. The number of benzene rings is 2. The van der Waals surface area contributed by atoms with E-state index in [1.54, 1.807) is 18.2 Å². The summed E-state index contributed by atoms with van der Waals surface area (Å²) in [5.41, 5.74) is 2.55. The van der Waals surface area contributed by atoms with E-state index >= 15 is 0 Å². The number of nitrogens with zero attached hydrogens (tertiary/aromatic N) is 1. The van der Waals surface area contributed by atoms with Crippen molar-refractivity contribution >= 4 is 11.4 Å². The molecule has 0 amide bonds. The number of nitrogens with one attached hydrogen (secondary N) is 1. The van der Waals surface area contributed by atoms with Crippen LogP contribution in [0.2, 0.25) is 0 Å². The normalized spacial score (nSPS) is 24.7. The number of rotatable bonds is 2. The van der Waals surface area contributed by atoms with Crippen LogP contribution in [0, 0.1) is 21.8 Å². The van der Waals surface area contributed by atoms with Crippen LogP contribution in [0.1, 0.15) is 29.5 Å². The van der Waals surface area contributed by atoms with Crippen LogP contribution in [0.5, 0.6) is 0 Å². The first-order valence-electron chi connectivity index (χ1n) is 7.61. The van der Waals surface area contributed by atoms with E-state index in [0.29, 0.717) is 11.6 Å². The summed E-state index contributed by atoms with van der Waals surface area (Å²) in [5, 5.41) is 14.1. The van der Waals surface area contributed by atoms with Gasteiger partial charge in [-0.15, -0.1) is 0 Å². The molecule has 1 aliphatic heterocycles. The van der Waals surface area contributed by atoms with Gasteiger partial charge in [0.1, 0.15) is 5.82 Å². The fourth-order valence-corrected chi connectivity index (χ4v) is 3.72. The van der Waals surface area contributed by atoms with Crippen LogP contribution in [0.15, 0.2) is 54.6 Å². The highest BCUT2D eigenvalue weighted by molar-refractivity contribution is 5.60. The Morgan fingerprint density at radius 3 is 2.70 bits per heavy atom. The van der Waals surface area contributed by atoms with Crippen molar-refractivity contribution in [1.29, 1.82) is 0 Å². The van der Waals surface area contributed by atoms with Gasteiger partial charge in [0.15, 0.2) is 0 Å². The number of allylic oxidation sites excluding steroid dienone is 2. The molecule has 3 atom stereocenters. The van der Waals surface area contributed by atoms with Gasteiger partial charge in [-0.1, -0.05) is 36.4 Å². The summed E-state index contributed by atoms with van der Waals surface area (Å²) in [6, 6.07) is 11.6. The van der Waals surface area contributed by atoms with Gasteiger partial charge in [-0.25, -0.2) is 4.39 Å². The predicted octanol–water partition coefficient (Wildman–Crippen LogP) is 4.56. The maximum atomic E-state index is 14.2. The number of hydrogen-bond acceptors (Lipinski definition) is 3. The molecule has 4 nitrogen and oxygen atoms in total. The van der Waals surface area contributed by atoms with Crippen molar-refractivity contribution in [2.24, 2.45) is 5.92 Å². The molecule has 1 aliphatic carbocycles. The van der Waals surface area contributed by atoms with Gasteiger partial charge in [0.25, 0.3) is 5.69 Å². The zero-order chi connectivity index (χ0) is 16.0. The average Bonchev–Trinajstić information content (AvgIpc) is 3.04. The lowest BCUT2D eigenvalue weighted by molar-refractivity contribution is -0.384. The first kappa shape index (κ1) is 13.9. The summed E-state index contributed by atoms with van der Waals surface area (Å²) < 4.78 is 14.2. The highest BCUT2D eigenvalue weighted by Gasteiger charge is 2.38. The topological polar surface area (TPSA) is 55.2 Å². The van der Waals surface area contributed by atoms with Crippen LogP contribution in [0.3, 0.4) is 0 Å². The number of para-hydroxylation sites is 1. The molecule has 0 saturated carbocycles. The molecular formula is C18H15FN2O2. The summed E-state index contributed by atoms with van der Waals surface area (Å²) >= 11 is 0. The number of nitro groups is 1. The quantitative estimate of drug-likeness (QED) is 0.502. The van der Waals surface area contributed by atoms with Gasteiger partial charge in [-0.3, -0.25) is 10.1 Å². The standard InChI is InChI=1S/C18H15FN2O2/c19-16-6-2-5-15-13-3-1-4-14(13)17(20-18(15)16)11-7-9-12(10-8-11)21(22)23/h1-3,5-10,13-14,17,20H,4H2/t13-,14-,17+/m1/s1. The monoisotopic (exact) mass is 310 g/mol. The van der Waals surface area contributed by atoms with Crippen molar-refractivity contribution < 1.29 is 9.31 Å². The zero-order valence-electron chi connectivity index (χ0n) is 12.3. The third-order valence-corrected chi connectivity index (χ3v) is 4.81. The molecule has 0 fully saturated rings. The summed E-state index contributed by atoms with van der Waals surface area (Å²) in [5.74, 6) is 0.223. The molecule has 1 heterocycles. The SMILES string of the molecule is O=[N+]([O-])c1ccc([C@@H]2Nc3c(F)cccc3[C@@H]3C=CC[C@H]32)cc1. The van der Waals surface area contributed by atoms with Crippen LogP contribution in [0.25, 0.3) is 0 Å². The molecule has 2 aromatic carbocycles. The Labute approximate surface area is 132 Å². The first-order valence-corrected chi connectivity index (χ1v) is 7.61. The van der Waals surface area contributed by atoms with E-state index < -0.39 is 4.92 Å². The average molecular weight is 310 g/mol. The van der Waals surface area contributed by atoms with Gasteiger partial charge in [0.05, 0.1) is 16.7 Å². The first-order chi connectivity index (χ1) is 11.1. The van der Waals surface area contributed by atoms with E-state index in [1.807, 2.05) is 6.07 Å². The lowest BCUT2D eigenvalue weighted by Crippen LogP contribution is -2.29. The van der Waals surface area contributed by atoms with Gasteiger partial charge in [0.2, 0.25) is 0 Å². The van der Waals surface area contributed by atoms with Gasteiger partial charge < -0.3 is 5.32 Å². The van der Waals surface area contributed by atoms with Crippen LogP contribution >= 0.6 is 0 Å². The maximum Gasteiger partial charge on any atom is 0.269 e. The van der Waals surface area contributed by atoms with Gasteiger partial charge in [-0.2, -0.15) is 0 Å². The molecule has 0 aromatic heterocycles. The van der Waals surface area contributed by atoms with Crippen LogP contribution in [-0.4, -0.2) is 4.92 Å². The van der Waals surface area contributed by atoms with Gasteiger partial charge in [0, 0.05) is 18.1 Å². The Morgan fingerprint density at radius 1 is 1.17 bits per heavy atom. The molecule has 0 unspecified atom stereocenters.